The van der Waals surface area contributed by atoms with E-state index in [0.29, 0.717) is 47.0 Å². The van der Waals surface area contributed by atoms with E-state index in [9.17, 15) is 14.9 Å². The first kappa shape index (κ1) is 22.2. The molecule has 3 aliphatic heterocycles. The van der Waals surface area contributed by atoms with Gasteiger partial charge in [-0.15, -0.1) is 0 Å². The number of hydrogen-bond donors (Lipinski definition) is 1. The maximum Gasteiger partial charge on any atom is 0.256 e. The summed E-state index contributed by atoms with van der Waals surface area (Å²) in [6.45, 7) is 5.33. The van der Waals surface area contributed by atoms with Crippen molar-refractivity contribution in [3.8, 4) is 11.5 Å². The molecule has 2 fully saturated rings. The topological polar surface area (TPSA) is 93.9 Å². The number of carbonyl (C=O) groups excluding carboxylic acids is 1. The van der Waals surface area contributed by atoms with Gasteiger partial charge in [-0.3, -0.25) is 19.8 Å². The Hall–Kier alpha value is -2.65. The summed E-state index contributed by atoms with van der Waals surface area (Å²) in [6.07, 6.45) is 1.68. The monoisotopic (exact) mass is 515 g/mol. The van der Waals surface area contributed by atoms with Crippen molar-refractivity contribution in [2.24, 2.45) is 0 Å². The SMILES string of the molecule is CCOc1cc([C@H]2[C@H]([N+](=O)[O-])[C@]3(C(=O)Nc4ccccc43)N3CCC[C@@H]23)cc(Br)c1OCC. The lowest BCUT2D eigenvalue weighted by molar-refractivity contribution is -0.534. The van der Waals surface area contributed by atoms with Crippen LogP contribution in [-0.4, -0.2) is 47.6 Å². The van der Waals surface area contributed by atoms with Crippen molar-refractivity contribution in [3.05, 3.63) is 62.1 Å². The summed E-state index contributed by atoms with van der Waals surface area (Å²) in [7, 11) is 0. The van der Waals surface area contributed by atoms with Crippen LogP contribution in [0.1, 0.15) is 43.7 Å². The number of fused-ring (bicyclic) bond motifs is 4. The lowest BCUT2D eigenvalue weighted by Crippen LogP contribution is -2.55. The Balaban J connectivity index is 1.71. The zero-order valence-electron chi connectivity index (χ0n) is 18.5. The van der Waals surface area contributed by atoms with Crippen molar-refractivity contribution in [2.45, 2.75) is 50.2 Å². The van der Waals surface area contributed by atoms with Crippen LogP contribution in [0.5, 0.6) is 11.5 Å². The number of nitro groups is 1. The highest BCUT2D eigenvalue weighted by Gasteiger charge is 2.73. The summed E-state index contributed by atoms with van der Waals surface area (Å²) in [6, 6.07) is 9.83. The quantitative estimate of drug-likeness (QED) is 0.455. The van der Waals surface area contributed by atoms with Gasteiger partial charge in [-0.25, -0.2) is 0 Å². The fourth-order valence-corrected chi connectivity index (χ4v) is 6.68. The van der Waals surface area contributed by atoms with Gasteiger partial charge in [0.15, 0.2) is 17.0 Å². The second kappa shape index (κ2) is 8.29. The zero-order chi connectivity index (χ0) is 23.3. The summed E-state index contributed by atoms with van der Waals surface area (Å²) in [5.41, 5.74) is 0.800. The van der Waals surface area contributed by atoms with Crippen LogP contribution in [0.25, 0.3) is 0 Å². The van der Waals surface area contributed by atoms with E-state index < -0.39 is 17.5 Å². The number of benzene rings is 2. The Kier molecular flexibility index (Phi) is 5.56. The number of carbonyl (C=O) groups is 1. The maximum atomic E-state index is 13.6. The van der Waals surface area contributed by atoms with Crippen LogP contribution in [0.2, 0.25) is 0 Å². The molecule has 0 saturated carbocycles. The molecule has 174 valence electrons. The Morgan fingerprint density at radius 1 is 1.24 bits per heavy atom. The number of hydrogen-bond acceptors (Lipinski definition) is 6. The fourth-order valence-electron chi connectivity index (χ4n) is 6.10. The molecule has 0 bridgehead atoms. The smallest absolute Gasteiger partial charge is 0.256 e. The third-order valence-electron chi connectivity index (χ3n) is 7.10. The number of amides is 1. The van der Waals surface area contributed by atoms with Gasteiger partial charge in [0.1, 0.15) is 0 Å². The number of halogens is 1. The predicted octanol–water partition coefficient (Wildman–Crippen LogP) is 4.30. The zero-order valence-corrected chi connectivity index (χ0v) is 20.1. The summed E-state index contributed by atoms with van der Waals surface area (Å²) in [5.74, 6) is 0.341. The predicted molar refractivity (Wildman–Crippen MR) is 126 cm³/mol. The third-order valence-corrected chi connectivity index (χ3v) is 7.69. The van der Waals surface area contributed by atoms with Gasteiger partial charge in [-0.1, -0.05) is 18.2 Å². The van der Waals surface area contributed by atoms with Gasteiger partial charge in [0.25, 0.3) is 11.9 Å². The molecule has 2 aromatic carbocycles. The van der Waals surface area contributed by atoms with Crippen LogP contribution in [0, 0.1) is 10.1 Å². The molecule has 2 saturated heterocycles. The van der Waals surface area contributed by atoms with E-state index in [1.165, 1.54) is 0 Å². The third kappa shape index (κ3) is 3.09. The van der Waals surface area contributed by atoms with Gasteiger partial charge in [-0.05, 0) is 66.4 Å². The minimum Gasteiger partial charge on any atom is -0.490 e. The number of ether oxygens (including phenoxy) is 2. The minimum atomic E-state index is -1.33. The molecular formula is C24H26BrN3O5. The van der Waals surface area contributed by atoms with Gasteiger partial charge >= 0.3 is 0 Å². The van der Waals surface area contributed by atoms with Gasteiger partial charge in [0.2, 0.25) is 0 Å². The summed E-state index contributed by atoms with van der Waals surface area (Å²) in [5, 5.41) is 15.7. The van der Waals surface area contributed by atoms with Crippen LogP contribution < -0.4 is 14.8 Å². The second-order valence-corrected chi connectivity index (χ2v) is 9.48. The molecule has 1 spiro atoms. The molecular weight excluding hydrogens is 490 g/mol. The number of rotatable bonds is 6. The first-order valence-electron chi connectivity index (χ1n) is 11.3. The van der Waals surface area contributed by atoms with Crippen LogP contribution in [-0.2, 0) is 10.3 Å². The average molecular weight is 516 g/mol. The molecule has 5 rings (SSSR count). The second-order valence-electron chi connectivity index (χ2n) is 8.62. The van der Waals surface area contributed by atoms with E-state index in [2.05, 4.69) is 26.1 Å². The number of para-hydroxylation sites is 1. The van der Waals surface area contributed by atoms with E-state index in [1.54, 1.807) is 0 Å². The van der Waals surface area contributed by atoms with Crippen LogP contribution in [0.4, 0.5) is 5.69 Å². The highest BCUT2D eigenvalue weighted by molar-refractivity contribution is 9.10. The Morgan fingerprint density at radius 3 is 2.73 bits per heavy atom. The molecule has 0 radical (unpaired) electrons. The first-order valence-corrected chi connectivity index (χ1v) is 12.1. The maximum absolute atomic E-state index is 13.6. The minimum absolute atomic E-state index is 0.128. The Morgan fingerprint density at radius 2 is 2.00 bits per heavy atom. The molecule has 8 nitrogen and oxygen atoms in total. The highest BCUT2D eigenvalue weighted by atomic mass is 79.9. The number of anilines is 1. The van der Waals surface area contributed by atoms with Gasteiger partial charge in [-0.2, -0.15) is 0 Å². The van der Waals surface area contributed by atoms with E-state index in [-0.39, 0.29) is 16.9 Å². The molecule has 3 aliphatic rings. The molecule has 2 aromatic rings. The molecule has 1 amide bonds. The summed E-state index contributed by atoms with van der Waals surface area (Å²) in [4.78, 5) is 28.1. The van der Waals surface area contributed by atoms with Crippen molar-refractivity contribution < 1.29 is 19.2 Å². The van der Waals surface area contributed by atoms with Crippen LogP contribution in [0.15, 0.2) is 40.9 Å². The molecule has 3 heterocycles. The van der Waals surface area contributed by atoms with Crippen LogP contribution in [0.3, 0.4) is 0 Å². The molecule has 0 aliphatic carbocycles. The largest absolute Gasteiger partial charge is 0.490 e. The Bertz CT molecular complexity index is 1130. The van der Waals surface area contributed by atoms with Crippen molar-refractivity contribution in [1.82, 2.24) is 4.90 Å². The number of nitrogens with zero attached hydrogens (tertiary/aromatic N) is 2. The average Bonchev–Trinajstić information content (AvgIpc) is 3.44. The first-order chi connectivity index (χ1) is 15.9. The lowest BCUT2D eigenvalue weighted by atomic mass is 9.77. The van der Waals surface area contributed by atoms with E-state index >= 15 is 0 Å². The normalized spacial score (nSPS) is 28.0. The summed E-state index contributed by atoms with van der Waals surface area (Å²) >= 11 is 3.59. The Labute approximate surface area is 200 Å². The van der Waals surface area contributed by atoms with Crippen molar-refractivity contribution in [2.75, 3.05) is 25.1 Å². The molecule has 1 N–H and O–H groups in total. The van der Waals surface area contributed by atoms with Crippen LogP contribution >= 0.6 is 15.9 Å². The fraction of sp³-hybridized carbons (Fsp3) is 0.458. The van der Waals surface area contributed by atoms with Gasteiger partial charge in [0, 0.05) is 28.8 Å². The highest BCUT2D eigenvalue weighted by Crippen LogP contribution is 2.58. The van der Waals surface area contributed by atoms with Gasteiger partial charge < -0.3 is 14.8 Å². The van der Waals surface area contributed by atoms with Crippen molar-refractivity contribution >= 4 is 27.5 Å². The lowest BCUT2D eigenvalue weighted by Gasteiger charge is -2.32. The van der Waals surface area contributed by atoms with E-state index in [0.717, 1.165) is 18.4 Å². The molecule has 0 unspecified atom stereocenters. The van der Waals surface area contributed by atoms with Crippen molar-refractivity contribution in [1.29, 1.82) is 0 Å². The summed E-state index contributed by atoms with van der Waals surface area (Å²) < 4.78 is 12.3. The molecule has 9 heteroatoms. The molecule has 33 heavy (non-hydrogen) atoms. The number of nitrogens with one attached hydrogen (secondary N) is 1. The standard InChI is InChI=1S/C24H26BrN3O5/c1-3-32-19-13-14(12-16(25)21(19)33-4-2)20-18-10-7-11-27(18)24(22(20)28(30)31)15-8-5-6-9-17(15)26-23(24)29/h5-6,8-9,12-13,18,20,22H,3-4,7,10-11H2,1-2H3,(H,26,29)/t18-,20+,22-,24+/m0/s1. The molecule has 4 atom stereocenters. The van der Waals surface area contributed by atoms with Crippen molar-refractivity contribution in [3.63, 3.8) is 0 Å². The van der Waals surface area contributed by atoms with E-state index in [4.69, 9.17) is 9.47 Å². The molecule has 0 aromatic heterocycles. The van der Waals surface area contributed by atoms with E-state index in [1.807, 2.05) is 50.2 Å². The van der Waals surface area contributed by atoms with Gasteiger partial charge in [0.05, 0.1) is 23.6 Å².